The van der Waals surface area contributed by atoms with E-state index in [0.717, 1.165) is 22.2 Å². The van der Waals surface area contributed by atoms with E-state index in [1.54, 1.807) is 0 Å². The van der Waals surface area contributed by atoms with Crippen LogP contribution in [0.1, 0.15) is 11.6 Å². The highest BCUT2D eigenvalue weighted by Crippen LogP contribution is 2.18. The maximum Gasteiger partial charge on any atom is 0.119 e. The zero-order valence-corrected chi connectivity index (χ0v) is 11.1. The van der Waals surface area contributed by atoms with Crippen molar-refractivity contribution >= 4 is 10.9 Å². The molecule has 3 rings (SSSR count). The van der Waals surface area contributed by atoms with Crippen LogP contribution in [0.5, 0.6) is 5.75 Å². The molecule has 0 saturated heterocycles. The molecular weight excluding hydrogens is 248 g/mol. The molecule has 0 aliphatic carbocycles. The van der Waals surface area contributed by atoms with Gasteiger partial charge in [0.05, 0.1) is 11.6 Å². The summed E-state index contributed by atoms with van der Waals surface area (Å²) in [6, 6.07) is 19.6. The molecule has 1 aromatic heterocycles. The Bertz CT molecular complexity index is 697. The van der Waals surface area contributed by atoms with Crippen molar-refractivity contribution in [2.24, 2.45) is 5.73 Å². The van der Waals surface area contributed by atoms with Crippen molar-refractivity contribution in [2.45, 2.75) is 6.04 Å². The Morgan fingerprint density at radius 3 is 2.60 bits per heavy atom. The van der Waals surface area contributed by atoms with Gasteiger partial charge in [0, 0.05) is 11.6 Å². The number of fused-ring (bicyclic) bond motifs is 1. The number of nitrogens with zero attached hydrogens (tertiary/aromatic N) is 1. The highest BCUT2D eigenvalue weighted by molar-refractivity contribution is 5.78. The van der Waals surface area contributed by atoms with Crippen LogP contribution >= 0.6 is 0 Å². The van der Waals surface area contributed by atoms with Crippen molar-refractivity contribution in [2.75, 3.05) is 6.61 Å². The van der Waals surface area contributed by atoms with E-state index in [4.69, 9.17) is 10.5 Å². The third-order valence-electron chi connectivity index (χ3n) is 3.21. The highest BCUT2D eigenvalue weighted by atomic mass is 16.5. The molecule has 0 bridgehead atoms. The van der Waals surface area contributed by atoms with Crippen molar-refractivity contribution in [3.63, 3.8) is 0 Å². The van der Waals surface area contributed by atoms with E-state index >= 15 is 0 Å². The molecule has 2 N–H and O–H groups in total. The zero-order chi connectivity index (χ0) is 13.8. The standard InChI is InChI=1S/C17H16N2O/c18-16(12-20-15-7-2-1-3-8-15)14-10-13-6-4-5-9-17(13)19-11-14/h1-11,16H,12,18H2. The van der Waals surface area contributed by atoms with Crippen molar-refractivity contribution in [1.82, 2.24) is 4.98 Å². The van der Waals surface area contributed by atoms with E-state index in [1.165, 1.54) is 0 Å². The zero-order valence-electron chi connectivity index (χ0n) is 11.1. The molecule has 3 aromatic rings. The smallest absolute Gasteiger partial charge is 0.119 e. The number of ether oxygens (including phenoxy) is 1. The van der Waals surface area contributed by atoms with Gasteiger partial charge in [0.1, 0.15) is 12.4 Å². The normalized spacial score (nSPS) is 12.2. The summed E-state index contributed by atoms with van der Waals surface area (Å²) in [5.74, 6) is 0.830. The summed E-state index contributed by atoms with van der Waals surface area (Å²) in [7, 11) is 0. The summed E-state index contributed by atoms with van der Waals surface area (Å²) < 4.78 is 5.68. The molecule has 0 amide bonds. The fraction of sp³-hybridized carbons (Fsp3) is 0.118. The summed E-state index contributed by atoms with van der Waals surface area (Å²) >= 11 is 0. The quantitative estimate of drug-likeness (QED) is 0.786. The predicted molar refractivity (Wildman–Crippen MR) is 80.6 cm³/mol. The maximum atomic E-state index is 6.17. The van der Waals surface area contributed by atoms with Gasteiger partial charge in [-0.2, -0.15) is 0 Å². The molecule has 20 heavy (non-hydrogen) atoms. The molecule has 0 saturated carbocycles. The molecule has 0 aliphatic heterocycles. The molecule has 1 heterocycles. The monoisotopic (exact) mass is 264 g/mol. The van der Waals surface area contributed by atoms with Gasteiger partial charge in [0.25, 0.3) is 0 Å². The lowest BCUT2D eigenvalue weighted by molar-refractivity contribution is 0.290. The van der Waals surface area contributed by atoms with Crippen molar-refractivity contribution in [3.05, 3.63) is 72.4 Å². The summed E-state index contributed by atoms with van der Waals surface area (Å²) in [6.07, 6.45) is 1.82. The molecule has 0 spiro atoms. The lowest BCUT2D eigenvalue weighted by Gasteiger charge is -2.13. The highest BCUT2D eigenvalue weighted by Gasteiger charge is 2.08. The third kappa shape index (κ3) is 2.78. The van der Waals surface area contributed by atoms with Gasteiger partial charge in [0.15, 0.2) is 0 Å². The first kappa shape index (κ1) is 12.6. The van der Waals surface area contributed by atoms with Gasteiger partial charge in [-0.05, 0) is 29.8 Å². The summed E-state index contributed by atoms with van der Waals surface area (Å²) in [4.78, 5) is 4.42. The Morgan fingerprint density at radius 1 is 1.00 bits per heavy atom. The average Bonchev–Trinajstić information content (AvgIpc) is 2.53. The number of rotatable bonds is 4. The second kappa shape index (κ2) is 5.72. The van der Waals surface area contributed by atoms with Gasteiger partial charge in [-0.3, -0.25) is 4.98 Å². The number of benzene rings is 2. The van der Waals surface area contributed by atoms with E-state index in [-0.39, 0.29) is 6.04 Å². The van der Waals surface area contributed by atoms with E-state index in [2.05, 4.69) is 11.1 Å². The minimum Gasteiger partial charge on any atom is -0.492 e. The fourth-order valence-corrected chi connectivity index (χ4v) is 2.09. The van der Waals surface area contributed by atoms with Gasteiger partial charge >= 0.3 is 0 Å². The van der Waals surface area contributed by atoms with Crippen LogP contribution < -0.4 is 10.5 Å². The van der Waals surface area contributed by atoms with E-state index in [0.29, 0.717) is 6.61 Å². The first-order valence-corrected chi connectivity index (χ1v) is 6.61. The van der Waals surface area contributed by atoms with Crippen LogP contribution in [0.4, 0.5) is 0 Å². The first-order chi connectivity index (χ1) is 9.83. The van der Waals surface area contributed by atoms with E-state index < -0.39 is 0 Å². The number of pyridine rings is 1. The Hall–Kier alpha value is -2.39. The topological polar surface area (TPSA) is 48.1 Å². The van der Waals surface area contributed by atoms with Crippen LogP contribution in [0, 0.1) is 0 Å². The molecule has 3 heteroatoms. The molecule has 100 valence electrons. The number of para-hydroxylation sites is 2. The summed E-state index contributed by atoms with van der Waals surface area (Å²) in [5, 5.41) is 1.10. The largest absolute Gasteiger partial charge is 0.492 e. The van der Waals surface area contributed by atoms with Crippen LogP contribution in [0.3, 0.4) is 0 Å². The summed E-state index contributed by atoms with van der Waals surface area (Å²) in [5.41, 5.74) is 8.13. The van der Waals surface area contributed by atoms with Gasteiger partial charge in [-0.1, -0.05) is 36.4 Å². The molecule has 3 nitrogen and oxygen atoms in total. The Labute approximate surface area is 118 Å². The van der Waals surface area contributed by atoms with Crippen LogP contribution in [-0.2, 0) is 0 Å². The molecule has 2 aromatic carbocycles. The molecule has 0 aliphatic rings. The first-order valence-electron chi connectivity index (χ1n) is 6.61. The van der Waals surface area contributed by atoms with Crippen LogP contribution in [0.15, 0.2) is 66.9 Å². The molecule has 1 atom stereocenters. The second-order valence-electron chi connectivity index (χ2n) is 4.69. The SMILES string of the molecule is NC(COc1ccccc1)c1cnc2ccccc2c1. The molecule has 1 unspecified atom stereocenters. The second-order valence-corrected chi connectivity index (χ2v) is 4.69. The van der Waals surface area contributed by atoms with Crippen LogP contribution in [0.25, 0.3) is 10.9 Å². The van der Waals surface area contributed by atoms with Crippen LogP contribution in [-0.4, -0.2) is 11.6 Å². The average molecular weight is 264 g/mol. The molecule has 0 fully saturated rings. The van der Waals surface area contributed by atoms with Gasteiger partial charge < -0.3 is 10.5 Å². The van der Waals surface area contributed by atoms with E-state index in [9.17, 15) is 0 Å². The number of nitrogens with two attached hydrogens (primary N) is 1. The molecule has 0 radical (unpaired) electrons. The van der Waals surface area contributed by atoms with Crippen LogP contribution in [0.2, 0.25) is 0 Å². The molecular formula is C17H16N2O. The predicted octanol–water partition coefficient (Wildman–Crippen LogP) is 3.31. The number of hydrogen-bond acceptors (Lipinski definition) is 3. The van der Waals surface area contributed by atoms with Gasteiger partial charge in [0.2, 0.25) is 0 Å². The minimum absolute atomic E-state index is 0.188. The fourth-order valence-electron chi connectivity index (χ4n) is 2.09. The Kier molecular flexibility index (Phi) is 3.61. The van der Waals surface area contributed by atoms with Gasteiger partial charge in [-0.15, -0.1) is 0 Å². The maximum absolute atomic E-state index is 6.17. The van der Waals surface area contributed by atoms with Gasteiger partial charge in [-0.25, -0.2) is 0 Å². The third-order valence-corrected chi connectivity index (χ3v) is 3.21. The van der Waals surface area contributed by atoms with Crippen molar-refractivity contribution < 1.29 is 4.74 Å². The summed E-state index contributed by atoms with van der Waals surface area (Å²) in [6.45, 7) is 0.435. The number of aromatic nitrogens is 1. The Balaban J connectivity index is 1.73. The Morgan fingerprint density at radius 2 is 1.75 bits per heavy atom. The lowest BCUT2D eigenvalue weighted by Crippen LogP contribution is -2.19. The van der Waals surface area contributed by atoms with Crippen molar-refractivity contribution in [1.29, 1.82) is 0 Å². The minimum atomic E-state index is -0.188. The number of hydrogen-bond donors (Lipinski definition) is 1. The van der Waals surface area contributed by atoms with E-state index in [1.807, 2.05) is 60.8 Å². The lowest BCUT2D eigenvalue weighted by atomic mass is 10.1. The van der Waals surface area contributed by atoms with Crippen molar-refractivity contribution in [3.8, 4) is 5.75 Å².